The first-order valence-corrected chi connectivity index (χ1v) is 10.0. The second-order valence-corrected chi connectivity index (χ2v) is 7.85. The monoisotopic (exact) mass is 402 g/mol. The second kappa shape index (κ2) is 7.73. The second-order valence-electron chi connectivity index (χ2n) is 5.66. The molecule has 7 nitrogen and oxygen atoms in total. The lowest BCUT2D eigenvalue weighted by molar-refractivity contribution is -0.114. The van der Waals surface area contributed by atoms with Gasteiger partial charge in [-0.1, -0.05) is 11.6 Å². The number of pyridine rings is 1. The first kappa shape index (κ1) is 18.8. The maximum absolute atomic E-state index is 11.8. The SMILES string of the molecule is CS(=O)(=O)NC(=O)/C=C/c1cn(-c2ccc(Cl)cc2)nc1-c1ccncc1. The topological polar surface area (TPSA) is 94.0 Å². The van der Waals surface area contributed by atoms with Crippen LogP contribution in [0.2, 0.25) is 5.02 Å². The third-order valence-electron chi connectivity index (χ3n) is 3.49. The summed E-state index contributed by atoms with van der Waals surface area (Å²) in [6, 6.07) is 10.7. The van der Waals surface area contributed by atoms with Gasteiger partial charge in [-0.25, -0.2) is 17.8 Å². The summed E-state index contributed by atoms with van der Waals surface area (Å²) >= 11 is 5.93. The standard InChI is InChI=1S/C18H15ClN4O3S/c1-27(25,26)22-17(24)7-2-14-12-23(16-5-3-15(19)4-6-16)21-18(14)13-8-10-20-11-9-13/h2-12H,1H3,(H,22,24)/b7-2+. The summed E-state index contributed by atoms with van der Waals surface area (Å²) in [6.45, 7) is 0. The normalized spacial score (nSPS) is 11.6. The van der Waals surface area contributed by atoms with Crippen LogP contribution in [-0.2, 0) is 14.8 Å². The van der Waals surface area contributed by atoms with Gasteiger partial charge in [-0.15, -0.1) is 0 Å². The van der Waals surface area contributed by atoms with Crippen LogP contribution in [0.1, 0.15) is 5.56 Å². The molecule has 0 saturated heterocycles. The van der Waals surface area contributed by atoms with Gasteiger partial charge in [-0.05, 0) is 42.5 Å². The number of carbonyl (C=O) groups is 1. The van der Waals surface area contributed by atoms with Gasteiger partial charge in [-0.2, -0.15) is 5.10 Å². The van der Waals surface area contributed by atoms with Crippen molar-refractivity contribution < 1.29 is 13.2 Å². The smallest absolute Gasteiger partial charge is 0.257 e. The number of nitrogens with zero attached hydrogens (tertiary/aromatic N) is 3. The molecule has 3 aromatic rings. The minimum absolute atomic E-state index is 0.609. The van der Waals surface area contributed by atoms with Crippen molar-refractivity contribution in [2.45, 2.75) is 0 Å². The van der Waals surface area contributed by atoms with Crippen molar-refractivity contribution in [3.05, 3.63) is 71.7 Å². The van der Waals surface area contributed by atoms with Gasteiger partial charge < -0.3 is 0 Å². The summed E-state index contributed by atoms with van der Waals surface area (Å²) in [6.07, 6.45) is 8.59. The Morgan fingerprint density at radius 1 is 1.15 bits per heavy atom. The number of halogens is 1. The molecule has 9 heteroatoms. The van der Waals surface area contributed by atoms with E-state index in [1.807, 2.05) is 16.9 Å². The summed E-state index contributed by atoms with van der Waals surface area (Å²) in [5, 5.41) is 5.19. The van der Waals surface area contributed by atoms with Gasteiger partial charge in [0.05, 0.1) is 11.9 Å². The van der Waals surface area contributed by atoms with Crippen molar-refractivity contribution in [1.29, 1.82) is 0 Å². The molecular weight excluding hydrogens is 388 g/mol. The third-order valence-corrected chi connectivity index (χ3v) is 4.31. The van der Waals surface area contributed by atoms with Crippen LogP contribution in [0.4, 0.5) is 0 Å². The van der Waals surface area contributed by atoms with Crippen molar-refractivity contribution in [1.82, 2.24) is 19.5 Å². The van der Waals surface area contributed by atoms with Crippen molar-refractivity contribution >= 4 is 33.6 Å². The summed E-state index contributed by atoms with van der Waals surface area (Å²) < 4.78 is 25.9. The Morgan fingerprint density at radius 2 is 1.81 bits per heavy atom. The van der Waals surface area contributed by atoms with Crippen LogP contribution in [0.25, 0.3) is 23.0 Å². The Morgan fingerprint density at radius 3 is 2.44 bits per heavy atom. The van der Waals surface area contributed by atoms with Gasteiger partial charge in [-0.3, -0.25) is 9.78 Å². The van der Waals surface area contributed by atoms with E-state index in [9.17, 15) is 13.2 Å². The van der Waals surface area contributed by atoms with E-state index < -0.39 is 15.9 Å². The minimum Gasteiger partial charge on any atom is -0.269 e. The lowest BCUT2D eigenvalue weighted by atomic mass is 10.1. The molecule has 2 heterocycles. The summed E-state index contributed by atoms with van der Waals surface area (Å²) in [7, 11) is -3.62. The van der Waals surface area contributed by atoms with Crippen LogP contribution < -0.4 is 4.72 Å². The number of amides is 1. The molecule has 3 rings (SSSR count). The number of aromatic nitrogens is 3. The highest BCUT2D eigenvalue weighted by Crippen LogP contribution is 2.24. The van der Waals surface area contributed by atoms with E-state index in [2.05, 4.69) is 10.1 Å². The predicted octanol–water partition coefficient (Wildman–Crippen LogP) is 2.68. The lowest BCUT2D eigenvalue weighted by Gasteiger charge is -2.01. The summed E-state index contributed by atoms with van der Waals surface area (Å²) in [5.74, 6) is -0.738. The molecule has 138 valence electrons. The molecule has 0 radical (unpaired) electrons. The number of hydrogen-bond acceptors (Lipinski definition) is 5. The van der Waals surface area contributed by atoms with E-state index in [0.717, 1.165) is 23.6 Å². The van der Waals surface area contributed by atoms with Crippen molar-refractivity contribution in [2.24, 2.45) is 0 Å². The third kappa shape index (κ3) is 5.02. The van der Waals surface area contributed by atoms with Gasteiger partial charge >= 0.3 is 0 Å². The maximum Gasteiger partial charge on any atom is 0.257 e. The summed E-state index contributed by atoms with van der Waals surface area (Å²) in [4.78, 5) is 15.8. The van der Waals surface area contributed by atoms with Crippen molar-refractivity contribution in [2.75, 3.05) is 6.26 Å². The molecule has 0 saturated carbocycles. The zero-order valence-electron chi connectivity index (χ0n) is 14.2. The van der Waals surface area contributed by atoms with Gasteiger partial charge in [0.15, 0.2) is 0 Å². The Labute approximate surface area is 161 Å². The molecule has 27 heavy (non-hydrogen) atoms. The largest absolute Gasteiger partial charge is 0.269 e. The highest BCUT2D eigenvalue weighted by molar-refractivity contribution is 7.89. The molecule has 2 aromatic heterocycles. The molecule has 0 bridgehead atoms. The number of nitrogens with one attached hydrogen (secondary N) is 1. The van der Waals surface area contributed by atoms with E-state index in [1.54, 1.807) is 47.5 Å². The number of rotatable bonds is 5. The number of sulfonamides is 1. The Kier molecular flexibility index (Phi) is 5.38. The first-order valence-electron chi connectivity index (χ1n) is 7.78. The van der Waals surface area contributed by atoms with Crippen LogP contribution in [0.15, 0.2) is 61.1 Å². The molecule has 1 N–H and O–H groups in total. The molecular formula is C18H15ClN4O3S. The molecule has 1 aromatic carbocycles. The fourth-order valence-corrected chi connectivity index (χ4v) is 2.91. The van der Waals surface area contributed by atoms with E-state index in [-0.39, 0.29) is 0 Å². The van der Waals surface area contributed by atoms with Crippen molar-refractivity contribution in [3.63, 3.8) is 0 Å². The van der Waals surface area contributed by atoms with Gasteiger partial charge in [0.25, 0.3) is 5.91 Å². The van der Waals surface area contributed by atoms with Crippen LogP contribution >= 0.6 is 11.6 Å². The number of carbonyl (C=O) groups excluding carboxylic acids is 1. The molecule has 0 aliphatic rings. The number of benzene rings is 1. The highest BCUT2D eigenvalue weighted by atomic mass is 35.5. The van der Waals surface area contributed by atoms with Crippen LogP contribution in [-0.4, -0.2) is 35.3 Å². The van der Waals surface area contributed by atoms with Gasteiger partial charge in [0, 0.05) is 40.8 Å². The van der Waals surface area contributed by atoms with E-state index in [4.69, 9.17) is 11.6 Å². The van der Waals surface area contributed by atoms with E-state index >= 15 is 0 Å². The van der Waals surface area contributed by atoms with Gasteiger partial charge in [0.1, 0.15) is 5.69 Å². The van der Waals surface area contributed by atoms with Crippen LogP contribution in [0.5, 0.6) is 0 Å². The molecule has 0 fully saturated rings. The molecule has 0 unspecified atom stereocenters. The minimum atomic E-state index is -3.62. The fraction of sp³-hybridized carbons (Fsp3) is 0.0556. The van der Waals surface area contributed by atoms with E-state index in [1.165, 1.54) is 6.08 Å². The average molecular weight is 403 g/mol. The predicted molar refractivity (Wildman–Crippen MR) is 104 cm³/mol. The highest BCUT2D eigenvalue weighted by Gasteiger charge is 2.11. The lowest BCUT2D eigenvalue weighted by Crippen LogP contribution is -2.27. The van der Waals surface area contributed by atoms with E-state index in [0.29, 0.717) is 16.3 Å². The average Bonchev–Trinajstić information content (AvgIpc) is 3.04. The molecule has 0 spiro atoms. The zero-order valence-corrected chi connectivity index (χ0v) is 15.8. The number of hydrogen-bond donors (Lipinski definition) is 1. The quantitative estimate of drug-likeness (QED) is 0.662. The molecule has 0 atom stereocenters. The molecule has 0 aliphatic carbocycles. The Bertz CT molecular complexity index is 1090. The first-order chi connectivity index (χ1) is 12.8. The van der Waals surface area contributed by atoms with Gasteiger partial charge in [0.2, 0.25) is 10.0 Å². The maximum atomic E-state index is 11.8. The van der Waals surface area contributed by atoms with Crippen LogP contribution in [0.3, 0.4) is 0 Å². The Balaban J connectivity index is 2.00. The molecule has 1 amide bonds. The van der Waals surface area contributed by atoms with Crippen molar-refractivity contribution in [3.8, 4) is 16.9 Å². The zero-order chi connectivity index (χ0) is 19.4. The Hall–Kier alpha value is -2.97. The fourth-order valence-electron chi connectivity index (χ4n) is 2.35. The summed E-state index contributed by atoms with van der Waals surface area (Å²) in [5.41, 5.74) is 2.85. The molecule has 0 aliphatic heterocycles. The van der Waals surface area contributed by atoms with Crippen LogP contribution in [0, 0.1) is 0 Å².